The number of Topliss-reactive ketones (excluding diaryl/α,β-unsaturated/α-hetero) is 1. The first kappa shape index (κ1) is 12.9. The molecular formula is C14H20O2. The van der Waals surface area contributed by atoms with E-state index in [1.54, 1.807) is 0 Å². The molecule has 2 heteroatoms. The van der Waals surface area contributed by atoms with Gasteiger partial charge in [-0.05, 0) is 30.4 Å². The zero-order valence-electron chi connectivity index (χ0n) is 10.7. The van der Waals surface area contributed by atoms with E-state index in [0.717, 1.165) is 0 Å². The van der Waals surface area contributed by atoms with E-state index >= 15 is 0 Å². The number of aliphatic hydroxyl groups is 1. The summed E-state index contributed by atoms with van der Waals surface area (Å²) in [7, 11) is 0. The van der Waals surface area contributed by atoms with Crippen molar-refractivity contribution in [1.82, 2.24) is 0 Å². The molecule has 0 saturated heterocycles. The fourth-order valence-corrected chi connectivity index (χ4v) is 1.50. The van der Waals surface area contributed by atoms with Gasteiger partial charge in [0, 0.05) is 0 Å². The average Bonchev–Trinajstić information content (AvgIpc) is 2.16. The maximum absolute atomic E-state index is 11.3. The van der Waals surface area contributed by atoms with Gasteiger partial charge >= 0.3 is 0 Å². The number of carbonyl (C=O) groups excluding carboxylic acids is 1. The summed E-state index contributed by atoms with van der Waals surface area (Å²) < 4.78 is 0. The molecule has 1 rings (SSSR count). The van der Waals surface area contributed by atoms with Gasteiger partial charge in [0.15, 0.2) is 5.78 Å². The molecule has 2 nitrogen and oxygen atoms in total. The van der Waals surface area contributed by atoms with Gasteiger partial charge in [0.05, 0.1) is 0 Å². The highest BCUT2D eigenvalue weighted by Crippen LogP contribution is 2.26. The van der Waals surface area contributed by atoms with E-state index in [9.17, 15) is 9.90 Å². The molecule has 1 atom stereocenters. The van der Waals surface area contributed by atoms with Crippen LogP contribution in [-0.4, -0.2) is 10.9 Å². The largest absolute Gasteiger partial charge is 0.378 e. The molecule has 0 aromatic heterocycles. The normalized spacial score (nSPS) is 15.6. The Morgan fingerprint density at radius 2 is 1.38 bits per heavy atom. The lowest BCUT2D eigenvalue weighted by Crippen LogP contribution is -2.30. The highest BCUT2D eigenvalue weighted by Gasteiger charge is 2.28. The van der Waals surface area contributed by atoms with Crippen molar-refractivity contribution in [3.05, 3.63) is 35.4 Å². The molecule has 0 aliphatic heterocycles. The molecule has 0 heterocycles. The lowest BCUT2D eigenvalue weighted by Gasteiger charge is -2.23. The van der Waals surface area contributed by atoms with Crippen LogP contribution in [0.1, 0.15) is 45.7 Å². The van der Waals surface area contributed by atoms with Crippen LogP contribution in [0.5, 0.6) is 0 Å². The van der Waals surface area contributed by atoms with E-state index in [4.69, 9.17) is 0 Å². The van der Waals surface area contributed by atoms with Gasteiger partial charge in [-0.2, -0.15) is 0 Å². The first-order valence-corrected chi connectivity index (χ1v) is 5.50. The lowest BCUT2D eigenvalue weighted by molar-refractivity contribution is -0.134. The van der Waals surface area contributed by atoms with E-state index < -0.39 is 5.60 Å². The summed E-state index contributed by atoms with van der Waals surface area (Å²) in [6, 6.07) is 7.57. The number of hydrogen-bond acceptors (Lipinski definition) is 2. The Labute approximate surface area is 97.3 Å². The van der Waals surface area contributed by atoms with E-state index in [1.807, 2.05) is 24.3 Å². The van der Waals surface area contributed by atoms with Gasteiger partial charge in [0.1, 0.15) is 5.60 Å². The Hall–Kier alpha value is -1.15. The first-order valence-electron chi connectivity index (χ1n) is 5.50. The van der Waals surface area contributed by atoms with Crippen molar-refractivity contribution in [3.8, 4) is 0 Å². The van der Waals surface area contributed by atoms with Crippen LogP contribution in [0.3, 0.4) is 0 Å². The molecule has 0 aliphatic rings. The molecule has 0 saturated carbocycles. The van der Waals surface area contributed by atoms with Gasteiger partial charge in [-0.1, -0.05) is 45.0 Å². The van der Waals surface area contributed by atoms with E-state index in [2.05, 4.69) is 20.8 Å². The second-order valence-electron chi connectivity index (χ2n) is 5.46. The van der Waals surface area contributed by atoms with Gasteiger partial charge in [0.25, 0.3) is 0 Å². The molecule has 16 heavy (non-hydrogen) atoms. The van der Waals surface area contributed by atoms with Crippen LogP contribution in [0.4, 0.5) is 0 Å². The second-order valence-corrected chi connectivity index (χ2v) is 5.46. The summed E-state index contributed by atoms with van der Waals surface area (Å²) in [4.78, 5) is 11.3. The van der Waals surface area contributed by atoms with Crippen LogP contribution in [0.25, 0.3) is 0 Å². The predicted octanol–water partition coefficient (Wildman–Crippen LogP) is 2.78. The third-order valence-corrected chi connectivity index (χ3v) is 3.00. The number of benzene rings is 1. The summed E-state index contributed by atoms with van der Waals surface area (Å²) in [6.07, 6.45) is 0. The van der Waals surface area contributed by atoms with Gasteiger partial charge in [-0.3, -0.25) is 4.79 Å². The van der Waals surface area contributed by atoms with Crippen molar-refractivity contribution in [2.24, 2.45) is 0 Å². The number of rotatable bonds is 2. The summed E-state index contributed by atoms with van der Waals surface area (Å²) in [6.45, 7) is 9.32. The average molecular weight is 220 g/mol. The molecule has 0 amide bonds. The van der Waals surface area contributed by atoms with Crippen molar-refractivity contribution in [2.75, 3.05) is 0 Å². The number of ketones is 1. The van der Waals surface area contributed by atoms with Crippen LogP contribution in [0.15, 0.2) is 24.3 Å². The van der Waals surface area contributed by atoms with Crippen molar-refractivity contribution in [2.45, 2.75) is 45.6 Å². The predicted molar refractivity (Wildman–Crippen MR) is 65.4 cm³/mol. The number of carbonyl (C=O) groups is 1. The van der Waals surface area contributed by atoms with Crippen molar-refractivity contribution in [1.29, 1.82) is 0 Å². The maximum atomic E-state index is 11.3. The fraction of sp³-hybridized carbons (Fsp3) is 0.500. The van der Waals surface area contributed by atoms with E-state index in [1.165, 1.54) is 19.4 Å². The van der Waals surface area contributed by atoms with Crippen LogP contribution < -0.4 is 0 Å². The minimum Gasteiger partial charge on any atom is -0.378 e. The Balaban J connectivity index is 3.09. The van der Waals surface area contributed by atoms with Crippen LogP contribution in [0, 0.1) is 0 Å². The molecule has 1 aromatic rings. The zero-order chi connectivity index (χ0) is 12.6. The molecule has 0 spiro atoms. The summed E-state index contributed by atoms with van der Waals surface area (Å²) in [5.41, 5.74) is 0.542. The minimum absolute atomic E-state index is 0.0839. The van der Waals surface area contributed by atoms with E-state index in [-0.39, 0.29) is 11.2 Å². The Bertz CT molecular complexity index is 380. The third kappa shape index (κ3) is 2.50. The molecule has 0 radical (unpaired) electrons. The van der Waals surface area contributed by atoms with Crippen LogP contribution >= 0.6 is 0 Å². The summed E-state index contributed by atoms with van der Waals surface area (Å²) in [5, 5.41) is 10.0. The van der Waals surface area contributed by atoms with Crippen LogP contribution in [0.2, 0.25) is 0 Å². The lowest BCUT2D eigenvalue weighted by atomic mass is 9.84. The van der Waals surface area contributed by atoms with Gasteiger partial charge in [-0.25, -0.2) is 0 Å². The molecule has 0 aliphatic carbocycles. The fourth-order valence-electron chi connectivity index (χ4n) is 1.50. The Morgan fingerprint density at radius 3 is 1.69 bits per heavy atom. The van der Waals surface area contributed by atoms with Crippen molar-refractivity contribution in [3.63, 3.8) is 0 Å². The third-order valence-electron chi connectivity index (χ3n) is 3.00. The van der Waals surface area contributed by atoms with Crippen LogP contribution in [-0.2, 0) is 15.8 Å². The second kappa shape index (κ2) is 4.02. The monoisotopic (exact) mass is 220 g/mol. The quantitative estimate of drug-likeness (QED) is 0.832. The standard InChI is InChI=1S/C14H20O2/c1-10(15)14(5,16)12-8-6-11(7-9-12)13(2,3)4/h6-9,16H,1-5H3. The smallest absolute Gasteiger partial charge is 0.165 e. The molecule has 88 valence electrons. The molecule has 0 bridgehead atoms. The minimum atomic E-state index is -1.38. The van der Waals surface area contributed by atoms with Gasteiger partial charge in [0.2, 0.25) is 0 Å². The SMILES string of the molecule is CC(=O)C(C)(O)c1ccc(C(C)(C)C)cc1. The first-order chi connectivity index (χ1) is 7.15. The van der Waals surface area contributed by atoms with Gasteiger partial charge in [-0.15, -0.1) is 0 Å². The highest BCUT2D eigenvalue weighted by atomic mass is 16.3. The van der Waals surface area contributed by atoms with Crippen molar-refractivity contribution < 1.29 is 9.90 Å². The summed E-state index contributed by atoms with van der Waals surface area (Å²) in [5.74, 6) is -0.240. The highest BCUT2D eigenvalue weighted by molar-refractivity contribution is 5.85. The molecule has 0 fully saturated rings. The van der Waals surface area contributed by atoms with E-state index in [0.29, 0.717) is 5.56 Å². The van der Waals surface area contributed by atoms with Crippen molar-refractivity contribution >= 4 is 5.78 Å². The summed E-state index contributed by atoms with van der Waals surface area (Å²) >= 11 is 0. The Kier molecular flexibility index (Phi) is 3.25. The molecule has 1 aromatic carbocycles. The van der Waals surface area contributed by atoms with Gasteiger partial charge < -0.3 is 5.11 Å². The number of hydrogen-bond donors (Lipinski definition) is 1. The molecule has 1 unspecified atom stereocenters. The zero-order valence-corrected chi connectivity index (χ0v) is 10.7. The Morgan fingerprint density at radius 1 is 1.00 bits per heavy atom. The topological polar surface area (TPSA) is 37.3 Å². The molecule has 1 N–H and O–H groups in total. The maximum Gasteiger partial charge on any atom is 0.165 e. The molecular weight excluding hydrogens is 200 g/mol.